The standard InChI is InChI=1S/C20H31ClN4O.HI/c1-4-15(16-7-9-17(21)10-8-16)13-23-20(22-6-3)24-18-11-12-25(14-18)19(26)5-2;/h7-10,15,18H,4-6,11-14H2,1-3H3,(H2,22,23,24);1H. The SMILES string of the molecule is CCNC(=NCC(CC)c1ccc(Cl)cc1)NC1CCN(C(=O)CC)C1.I. The number of amides is 1. The van der Waals surface area contributed by atoms with E-state index >= 15 is 0 Å². The summed E-state index contributed by atoms with van der Waals surface area (Å²) < 4.78 is 0. The van der Waals surface area contributed by atoms with E-state index in [4.69, 9.17) is 16.6 Å². The molecule has 1 fully saturated rings. The highest BCUT2D eigenvalue weighted by molar-refractivity contribution is 14.0. The smallest absolute Gasteiger partial charge is 0.222 e. The molecule has 2 unspecified atom stereocenters. The summed E-state index contributed by atoms with van der Waals surface area (Å²) in [6.07, 6.45) is 2.55. The predicted octanol–water partition coefficient (Wildman–Crippen LogP) is 4.02. The Hall–Kier alpha value is -1.02. The number of aliphatic imine (C=N–C) groups is 1. The van der Waals surface area contributed by atoms with Gasteiger partial charge in [-0.25, -0.2) is 0 Å². The van der Waals surface area contributed by atoms with E-state index in [-0.39, 0.29) is 35.9 Å². The third kappa shape index (κ3) is 7.49. The molecule has 2 atom stereocenters. The van der Waals surface area contributed by atoms with Gasteiger partial charge in [0, 0.05) is 49.6 Å². The molecule has 7 heteroatoms. The first-order valence-electron chi connectivity index (χ1n) is 9.65. The summed E-state index contributed by atoms with van der Waals surface area (Å²) in [4.78, 5) is 18.6. The van der Waals surface area contributed by atoms with Crippen LogP contribution in [0, 0.1) is 0 Å². The lowest BCUT2D eigenvalue weighted by Crippen LogP contribution is -2.45. The van der Waals surface area contributed by atoms with Crippen molar-refractivity contribution < 1.29 is 4.79 Å². The Morgan fingerprint density at radius 3 is 2.59 bits per heavy atom. The Bertz CT molecular complexity index is 609. The van der Waals surface area contributed by atoms with Gasteiger partial charge in [-0.1, -0.05) is 37.6 Å². The van der Waals surface area contributed by atoms with Gasteiger partial charge >= 0.3 is 0 Å². The van der Waals surface area contributed by atoms with E-state index in [1.165, 1.54) is 5.56 Å². The summed E-state index contributed by atoms with van der Waals surface area (Å²) in [5, 5.41) is 7.57. The molecular formula is C20H32ClIN4O. The van der Waals surface area contributed by atoms with Crippen LogP contribution in [0.4, 0.5) is 0 Å². The Morgan fingerprint density at radius 1 is 1.30 bits per heavy atom. The fourth-order valence-electron chi connectivity index (χ4n) is 3.25. The van der Waals surface area contributed by atoms with Gasteiger partial charge in [-0.2, -0.15) is 0 Å². The van der Waals surface area contributed by atoms with Gasteiger partial charge in [0.15, 0.2) is 5.96 Å². The topological polar surface area (TPSA) is 56.7 Å². The van der Waals surface area contributed by atoms with Crippen molar-refractivity contribution in [3.05, 3.63) is 34.9 Å². The number of rotatable bonds is 7. The molecule has 27 heavy (non-hydrogen) atoms. The third-order valence-corrected chi connectivity index (χ3v) is 5.08. The predicted molar refractivity (Wildman–Crippen MR) is 124 cm³/mol. The molecule has 0 radical (unpaired) electrons. The number of nitrogens with zero attached hydrogens (tertiary/aromatic N) is 2. The molecule has 0 spiro atoms. The molecule has 0 bridgehead atoms. The minimum absolute atomic E-state index is 0. The molecule has 1 aliphatic heterocycles. The zero-order chi connectivity index (χ0) is 18.9. The number of halogens is 2. The average Bonchev–Trinajstić information content (AvgIpc) is 3.11. The van der Waals surface area contributed by atoms with Crippen molar-refractivity contribution >= 4 is 47.4 Å². The van der Waals surface area contributed by atoms with Crippen molar-refractivity contribution in [2.45, 2.75) is 52.0 Å². The summed E-state index contributed by atoms with van der Waals surface area (Å²) in [5.41, 5.74) is 1.26. The number of carbonyl (C=O) groups is 1. The number of hydrogen-bond donors (Lipinski definition) is 2. The zero-order valence-corrected chi connectivity index (χ0v) is 19.6. The lowest BCUT2D eigenvalue weighted by Gasteiger charge is -2.20. The Morgan fingerprint density at radius 2 is 2.00 bits per heavy atom. The van der Waals surface area contributed by atoms with E-state index in [9.17, 15) is 4.79 Å². The first-order chi connectivity index (χ1) is 12.6. The second-order valence-corrected chi connectivity index (χ2v) is 7.14. The van der Waals surface area contributed by atoms with Crippen LogP contribution in [0.2, 0.25) is 5.02 Å². The molecule has 1 amide bonds. The van der Waals surface area contributed by atoms with Gasteiger partial charge < -0.3 is 15.5 Å². The Labute approximate surface area is 185 Å². The molecule has 1 aliphatic rings. The van der Waals surface area contributed by atoms with E-state index < -0.39 is 0 Å². The second kappa shape index (κ2) is 12.4. The maximum absolute atomic E-state index is 11.8. The van der Waals surface area contributed by atoms with Crippen LogP contribution >= 0.6 is 35.6 Å². The molecule has 0 saturated carbocycles. The fourth-order valence-corrected chi connectivity index (χ4v) is 3.37. The first kappa shape index (κ1) is 24.0. The average molecular weight is 507 g/mol. The molecule has 1 heterocycles. The molecule has 5 nitrogen and oxygen atoms in total. The van der Waals surface area contributed by atoms with Gasteiger partial charge in [-0.3, -0.25) is 9.79 Å². The normalized spacial score (nSPS) is 18.0. The van der Waals surface area contributed by atoms with Crippen LogP contribution in [-0.4, -0.2) is 49.0 Å². The van der Waals surface area contributed by atoms with E-state index in [1.54, 1.807) is 0 Å². The molecule has 152 valence electrons. The molecule has 1 aromatic rings. The minimum atomic E-state index is 0. The van der Waals surface area contributed by atoms with E-state index in [1.807, 2.05) is 24.0 Å². The van der Waals surface area contributed by atoms with Crippen molar-refractivity contribution in [2.75, 3.05) is 26.2 Å². The molecule has 2 N–H and O–H groups in total. The van der Waals surface area contributed by atoms with Gasteiger partial charge in [-0.05, 0) is 37.5 Å². The molecule has 2 rings (SSSR count). The maximum Gasteiger partial charge on any atom is 0.222 e. The van der Waals surface area contributed by atoms with Crippen LogP contribution < -0.4 is 10.6 Å². The molecule has 1 saturated heterocycles. The number of likely N-dealkylation sites (tertiary alicyclic amines) is 1. The van der Waals surface area contributed by atoms with Crippen LogP contribution in [0.25, 0.3) is 0 Å². The molecule has 0 aliphatic carbocycles. The van der Waals surface area contributed by atoms with Crippen molar-refractivity contribution in [3.63, 3.8) is 0 Å². The zero-order valence-electron chi connectivity index (χ0n) is 16.5. The number of carbonyl (C=O) groups excluding carboxylic acids is 1. The molecular weight excluding hydrogens is 475 g/mol. The Kier molecular flexibility index (Phi) is 11.1. The van der Waals surface area contributed by atoms with Gasteiger partial charge in [0.25, 0.3) is 0 Å². The van der Waals surface area contributed by atoms with Crippen molar-refractivity contribution in [1.82, 2.24) is 15.5 Å². The van der Waals surface area contributed by atoms with E-state index in [0.29, 0.717) is 12.3 Å². The summed E-state index contributed by atoms with van der Waals surface area (Å²) in [6.45, 7) is 9.27. The van der Waals surface area contributed by atoms with E-state index in [0.717, 1.165) is 50.0 Å². The maximum atomic E-state index is 11.8. The van der Waals surface area contributed by atoms with Gasteiger partial charge in [0.05, 0.1) is 0 Å². The third-order valence-electron chi connectivity index (χ3n) is 4.83. The first-order valence-corrected chi connectivity index (χ1v) is 10.0. The highest BCUT2D eigenvalue weighted by atomic mass is 127. The number of benzene rings is 1. The second-order valence-electron chi connectivity index (χ2n) is 6.70. The monoisotopic (exact) mass is 506 g/mol. The lowest BCUT2D eigenvalue weighted by molar-refractivity contribution is -0.129. The highest BCUT2D eigenvalue weighted by Gasteiger charge is 2.25. The summed E-state index contributed by atoms with van der Waals surface area (Å²) in [6, 6.07) is 8.29. The fraction of sp³-hybridized carbons (Fsp3) is 0.600. The summed E-state index contributed by atoms with van der Waals surface area (Å²) in [7, 11) is 0. The summed E-state index contributed by atoms with van der Waals surface area (Å²) in [5.74, 6) is 1.42. The van der Waals surface area contributed by atoms with Crippen LogP contribution in [0.1, 0.15) is 51.5 Å². The lowest BCUT2D eigenvalue weighted by atomic mass is 9.97. The summed E-state index contributed by atoms with van der Waals surface area (Å²) >= 11 is 5.99. The van der Waals surface area contributed by atoms with Crippen LogP contribution in [-0.2, 0) is 4.79 Å². The van der Waals surface area contributed by atoms with Crippen LogP contribution in [0.15, 0.2) is 29.3 Å². The number of guanidine groups is 1. The van der Waals surface area contributed by atoms with Gasteiger partial charge in [0.2, 0.25) is 5.91 Å². The van der Waals surface area contributed by atoms with Gasteiger partial charge in [-0.15, -0.1) is 24.0 Å². The van der Waals surface area contributed by atoms with Crippen LogP contribution in [0.3, 0.4) is 0 Å². The number of nitrogens with one attached hydrogen (secondary N) is 2. The minimum Gasteiger partial charge on any atom is -0.357 e. The largest absolute Gasteiger partial charge is 0.357 e. The van der Waals surface area contributed by atoms with E-state index in [2.05, 4.69) is 36.6 Å². The van der Waals surface area contributed by atoms with Gasteiger partial charge in [0.1, 0.15) is 0 Å². The quantitative estimate of drug-likeness (QED) is 0.334. The van der Waals surface area contributed by atoms with Crippen LogP contribution in [0.5, 0.6) is 0 Å². The molecule has 0 aromatic heterocycles. The molecule has 1 aromatic carbocycles. The van der Waals surface area contributed by atoms with Crippen molar-refractivity contribution in [1.29, 1.82) is 0 Å². The highest BCUT2D eigenvalue weighted by Crippen LogP contribution is 2.22. The van der Waals surface area contributed by atoms with Crippen molar-refractivity contribution in [2.24, 2.45) is 4.99 Å². The number of hydrogen-bond acceptors (Lipinski definition) is 2. The Balaban J connectivity index is 0.00000364. The van der Waals surface area contributed by atoms with Crippen molar-refractivity contribution in [3.8, 4) is 0 Å².